The van der Waals surface area contributed by atoms with E-state index in [0.717, 1.165) is 11.1 Å². The van der Waals surface area contributed by atoms with Crippen LogP contribution in [0, 0.1) is 0 Å². The third-order valence-electron chi connectivity index (χ3n) is 3.35. The lowest BCUT2D eigenvalue weighted by Gasteiger charge is -2.38. The highest BCUT2D eigenvalue weighted by molar-refractivity contribution is 5.30. The molecular formula is C15H21NO3. The molecule has 1 aliphatic carbocycles. The molecule has 1 aliphatic rings. The van der Waals surface area contributed by atoms with Gasteiger partial charge >= 0.3 is 0 Å². The minimum atomic E-state index is -0.775. The number of hydrogen-bond acceptors (Lipinski definition) is 4. The first-order valence-corrected chi connectivity index (χ1v) is 6.52. The molecule has 1 unspecified atom stereocenters. The molecule has 1 atom stereocenters. The van der Waals surface area contributed by atoms with Gasteiger partial charge in [-0.15, -0.1) is 0 Å². The maximum atomic E-state index is 10.1. The van der Waals surface area contributed by atoms with Gasteiger partial charge in [0.2, 0.25) is 0 Å². The van der Waals surface area contributed by atoms with Crippen molar-refractivity contribution in [2.24, 2.45) is 5.73 Å². The molecule has 4 heteroatoms. The average molecular weight is 263 g/mol. The second kappa shape index (κ2) is 5.74. The molecule has 0 amide bonds. The molecule has 2 rings (SSSR count). The van der Waals surface area contributed by atoms with Crippen molar-refractivity contribution in [1.29, 1.82) is 0 Å². The van der Waals surface area contributed by atoms with Crippen molar-refractivity contribution in [2.45, 2.75) is 31.0 Å². The Morgan fingerprint density at radius 1 is 1.42 bits per heavy atom. The van der Waals surface area contributed by atoms with Gasteiger partial charge in [-0.1, -0.05) is 24.3 Å². The number of aliphatic hydroxyl groups is 2. The van der Waals surface area contributed by atoms with Crippen LogP contribution in [0.3, 0.4) is 0 Å². The molecule has 1 saturated carbocycles. The fraction of sp³-hybridized carbons (Fsp3) is 0.467. The van der Waals surface area contributed by atoms with Crippen LogP contribution in [0.4, 0.5) is 0 Å². The fourth-order valence-electron chi connectivity index (χ4n) is 2.33. The summed E-state index contributed by atoms with van der Waals surface area (Å²) >= 11 is 0. The van der Waals surface area contributed by atoms with Crippen molar-refractivity contribution in [1.82, 2.24) is 0 Å². The van der Waals surface area contributed by atoms with E-state index in [4.69, 9.17) is 10.5 Å². The van der Waals surface area contributed by atoms with Gasteiger partial charge in [-0.3, -0.25) is 0 Å². The van der Waals surface area contributed by atoms with Gasteiger partial charge in [-0.2, -0.15) is 0 Å². The molecule has 0 heterocycles. The Labute approximate surface area is 113 Å². The third kappa shape index (κ3) is 3.56. The van der Waals surface area contributed by atoms with Gasteiger partial charge in [0.1, 0.15) is 18.0 Å². The lowest BCUT2D eigenvalue weighted by atomic mass is 9.77. The summed E-state index contributed by atoms with van der Waals surface area (Å²) in [4.78, 5) is 0. The zero-order valence-electron chi connectivity index (χ0n) is 11.0. The van der Waals surface area contributed by atoms with E-state index in [1.54, 1.807) is 6.07 Å². The molecule has 1 aromatic rings. The molecule has 0 saturated heterocycles. The minimum Gasteiger partial charge on any atom is -0.491 e. The van der Waals surface area contributed by atoms with Gasteiger partial charge in [0, 0.05) is 12.8 Å². The summed E-state index contributed by atoms with van der Waals surface area (Å²) in [6.07, 6.45) is 1.15. The first kappa shape index (κ1) is 14.1. The summed E-state index contributed by atoms with van der Waals surface area (Å²) in [5, 5.41) is 19.9. The highest BCUT2D eigenvalue weighted by atomic mass is 16.5. The molecule has 104 valence electrons. The van der Waals surface area contributed by atoms with Gasteiger partial charge in [0.15, 0.2) is 0 Å². The summed E-state index contributed by atoms with van der Waals surface area (Å²) in [5.74, 6) is 0.652. The number of hydrogen-bond donors (Lipinski definition) is 3. The smallest absolute Gasteiger partial charge is 0.119 e. The number of ether oxygens (including phenoxy) is 1. The van der Waals surface area contributed by atoms with Crippen molar-refractivity contribution in [2.75, 3.05) is 13.2 Å². The first-order valence-electron chi connectivity index (χ1n) is 6.52. The number of rotatable bonds is 6. The molecule has 0 aliphatic heterocycles. The Balaban J connectivity index is 1.93. The van der Waals surface area contributed by atoms with Gasteiger partial charge in [0.25, 0.3) is 0 Å². The number of benzene rings is 1. The van der Waals surface area contributed by atoms with Gasteiger partial charge < -0.3 is 20.7 Å². The second-order valence-corrected chi connectivity index (χ2v) is 5.28. The van der Waals surface area contributed by atoms with Crippen LogP contribution in [0.5, 0.6) is 5.75 Å². The first-order chi connectivity index (χ1) is 9.02. The Morgan fingerprint density at radius 3 is 2.79 bits per heavy atom. The highest BCUT2D eigenvalue weighted by Crippen LogP contribution is 2.36. The molecular weight excluding hydrogens is 242 g/mol. The van der Waals surface area contributed by atoms with Crippen molar-refractivity contribution < 1.29 is 14.9 Å². The fourth-order valence-corrected chi connectivity index (χ4v) is 2.33. The van der Waals surface area contributed by atoms with Crippen LogP contribution in [-0.4, -0.2) is 29.0 Å². The predicted octanol–water partition coefficient (Wildman–Crippen LogP) is 1.53. The van der Waals surface area contributed by atoms with E-state index in [9.17, 15) is 10.2 Å². The highest BCUT2D eigenvalue weighted by Gasteiger charge is 2.38. The standard InChI is InChI=1S/C15H21NO3/c1-11-8-15(18,9-11)10-19-13-4-2-3-12(7-13)14(17)5-6-16/h2-4,7,14,17-18H,1,5-6,8-10,16H2. The Hall–Kier alpha value is -1.36. The van der Waals surface area contributed by atoms with Crippen LogP contribution >= 0.6 is 0 Å². The van der Waals surface area contributed by atoms with E-state index in [-0.39, 0.29) is 6.61 Å². The average Bonchev–Trinajstić information content (AvgIpc) is 2.35. The molecule has 1 fully saturated rings. The monoisotopic (exact) mass is 263 g/mol. The van der Waals surface area contributed by atoms with E-state index < -0.39 is 11.7 Å². The molecule has 1 aromatic carbocycles. The van der Waals surface area contributed by atoms with Crippen molar-refractivity contribution in [3.63, 3.8) is 0 Å². The second-order valence-electron chi connectivity index (χ2n) is 5.28. The SMILES string of the molecule is C=C1CC(O)(COc2cccc(C(O)CCN)c2)C1. The normalized spacial score (nSPS) is 18.8. The number of aliphatic hydroxyl groups excluding tert-OH is 1. The third-order valence-corrected chi connectivity index (χ3v) is 3.35. The number of nitrogens with two attached hydrogens (primary N) is 1. The van der Waals surface area contributed by atoms with E-state index in [0.29, 0.717) is 31.6 Å². The Bertz CT molecular complexity index is 450. The summed E-state index contributed by atoms with van der Waals surface area (Å²) in [5.41, 5.74) is 6.49. The Morgan fingerprint density at radius 2 is 2.16 bits per heavy atom. The lowest BCUT2D eigenvalue weighted by Crippen LogP contribution is -2.44. The summed E-state index contributed by atoms with van der Waals surface area (Å²) in [6.45, 7) is 4.50. The minimum absolute atomic E-state index is 0.252. The molecule has 0 radical (unpaired) electrons. The van der Waals surface area contributed by atoms with Crippen LogP contribution < -0.4 is 10.5 Å². The Kier molecular flexibility index (Phi) is 4.24. The summed E-state index contributed by atoms with van der Waals surface area (Å²) < 4.78 is 5.60. The van der Waals surface area contributed by atoms with E-state index in [2.05, 4.69) is 6.58 Å². The van der Waals surface area contributed by atoms with Crippen LogP contribution in [0.25, 0.3) is 0 Å². The van der Waals surface area contributed by atoms with Crippen LogP contribution in [0.1, 0.15) is 30.9 Å². The zero-order valence-corrected chi connectivity index (χ0v) is 11.0. The van der Waals surface area contributed by atoms with E-state index in [1.807, 2.05) is 18.2 Å². The van der Waals surface area contributed by atoms with Crippen molar-refractivity contribution >= 4 is 0 Å². The van der Waals surface area contributed by atoms with Gasteiger partial charge in [-0.05, 0) is 30.7 Å². The van der Waals surface area contributed by atoms with Crippen molar-refractivity contribution in [3.8, 4) is 5.75 Å². The molecule has 4 nitrogen and oxygen atoms in total. The van der Waals surface area contributed by atoms with E-state index >= 15 is 0 Å². The maximum Gasteiger partial charge on any atom is 0.119 e. The quantitative estimate of drug-likeness (QED) is 0.680. The lowest BCUT2D eigenvalue weighted by molar-refractivity contribution is -0.0360. The molecule has 19 heavy (non-hydrogen) atoms. The van der Waals surface area contributed by atoms with Crippen molar-refractivity contribution in [3.05, 3.63) is 42.0 Å². The van der Waals surface area contributed by atoms with E-state index in [1.165, 1.54) is 0 Å². The van der Waals surface area contributed by atoms with Crippen LogP contribution in [-0.2, 0) is 0 Å². The topological polar surface area (TPSA) is 75.7 Å². The molecule has 0 bridgehead atoms. The molecule has 0 aromatic heterocycles. The zero-order chi connectivity index (χ0) is 13.9. The maximum absolute atomic E-state index is 10.1. The molecule has 0 spiro atoms. The largest absolute Gasteiger partial charge is 0.491 e. The summed E-state index contributed by atoms with van der Waals surface area (Å²) in [6, 6.07) is 7.27. The molecule has 4 N–H and O–H groups in total. The summed E-state index contributed by atoms with van der Waals surface area (Å²) in [7, 11) is 0. The van der Waals surface area contributed by atoms with Crippen LogP contribution in [0.2, 0.25) is 0 Å². The van der Waals surface area contributed by atoms with Gasteiger partial charge in [-0.25, -0.2) is 0 Å². The van der Waals surface area contributed by atoms with Crippen LogP contribution in [0.15, 0.2) is 36.4 Å². The predicted molar refractivity (Wildman–Crippen MR) is 73.9 cm³/mol. The van der Waals surface area contributed by atoms with Gasteiger partial charge in [0.05, 0.1) is 6.10 Å².